The number of ether oxygens (including phenoxy) is 1. The summed E-state index contributed by atoms with van der Waals surface area (Å²) in [5.74, 6) is 2.62. The fourth-order valence-corrected chi connectivity index (χ4v) is 10.2. The third-order valence-corrected chi connectivity index (χ3v) is 12.8. The number of nitrogens with one attached hydrogen (secondary N) is 1. The fraction of sp³-hybridized carbons (Fsp3) is 0.0714. The average Bonchev–Trinajstić information content (AvgIpc) is 3.62. The molecule has 0 radical (unpaired) electrons. The van der Waals surface area contributed by atoms with Gasteiger partial charge in [-0.1, -0.05) is 188 Å². The summed E-state index contributed by atoms with van der Waals surface area (Å²) in [5, 5.41) is 6.04. The Bertz CT molecular complexity index is 3130. The Morgan fingerprint density at radius 3 is 2.07 bits per heavy atom. The molecule has 60 heavy (non-hydrogen) atoms. The first kappa shape index (κ1) is 34.5. The molecule has 1 spiro atoms. The molecule has 2 aliphatic carbocycles. The number of hydrogen-bond donors (Lipinski definition) is 1. The summed E-state index contributed by atoms with van der Waals surface area (Å²) < 4.78 is 6.72. The van der Waals surface area contributed by atoms with Crippen molar-refractivity contribution in [2.24, 2.45) is 15.9 Å². The minimum atomic E-state index is -0.450. The lowest BCUT2D eigenvalue weighted by atomic mass is 9.60. The fourth-order valence-electron chi connectivity index (χ4n) is 10.2. The summed E-state index contributed by atoms with van der Waals surface area (Å²) in [6, 6.07) is 67.4. The first-order valence-corrected chi connectivity index (χ1v) is 20.8. The largest absolute Gasteiger partial charge is 0.485 e. The second-order valence-electron chi connectivity index (χ2n) is 16.0. The second kappa shape index (κ2) is 13.8. The van der Waals surface area contributed by atoms with Gasteiger partial charge in [-0.05, 0) is 85.1 Å². The highest BCUT2D eigenvalue weighted by Crippen LogP contribution is 2.63. The first-order chi connectivity index (χ1) is 29.7. The molecule has 0 bridgehead atoms. The number of allylic oxidation sites excluding steroid dienone is 2. The lowest BCUT2D eigenvalue weighted by Crippen LogP contribution is -2.47. The molecule has 0 saturated carbocycles. The van der Waals surface area contributed by atoms with Crippen molar-refractivity contribution in [2.45, 2.75) is 17.7 Å². The minimum absolute atomic E-state index is 0.0785. The molecule has 1 N–H and O–H groups in total. The van der Waals surface area contributed by atoms with E-state index in [0.29, 0.717) is 0 Å². The smallest absolute Gasteiger partial charge is 0.169 e. The molecule has 0 amide bonds. The van der Waals surface area contributed by atoms with Gasteiger partial charge in [0, 0.05) is 22.6 Å². The van der Waals surface area contributed by atoms with Gasteiger partial charge in [-0.3, -0.25) is 0 Å². The molecule has 0 saturated heterocycles. The van der Waals surface area contributed by atoms with Crippen LogP contribution in [0.2, 0.25) is 0 Å². The average molecular weight is 770 g/mol. The van der Waals surface area contributed by atoms with Crippen LogP contribution in [-0.2, 0) is 5.41 Å². The Morgan fingerprint density at radius 2 is 1.12 bits per heavy atom. The number of benzene rings is 8. The number of para-hydroxylation sites is 1. The van der Waals surface area contributed by atoms with Gasteiger partial charge < -0.3 is 10.1 Å². The molecule has 4 nitrogen and oxygen atoms in total. The predicted octanol–water partition coefficient (Wildman–Crippen LogP) is 12.5. The summed E-state index contributed by atoms with van der Waals surface area (Å²) in [6.07, 6.45) is 8.35. The lowest BCUT2D eigenvalue weighted by Gasteiger charge is -2.47. The molecule has 4 unspecified atom stereocenters. The quantitative estimate of drug-likeness (QED) is 0.189. The third kappa shape index (κ3) is 5.31. The molecule has 8 aromatic carbocycles. The van der Waals surface area contributed by atoms with Crippen LogP contribution in [0.3, 0.4) is 0 Å². The normalized spacial score (nSPS) is 20.6. The van der Waals surface area contributed by atoms with Crippen molar-refractivity contribution in [2.75, 3.05) is 0 Å². The molecule has 2 heterocycles. The summed E-state index contributed by atoms with van der Waals surface area (Å²) in [6.45, 7) is 0. The lowest BCUT2D eigenvalue weighted by molar-refractivity contribution is 0.141. The number of aliphatic imine (C=N–C) groups is 2. The number of rotatable bonds is 5. The van der Waals surface area contributed by atoms with Crippen LogP contribution >= 0.6 is 0 Å². The van der Waals surface area contributed by atoms with Crippen LogP contribution in [0.5, 0.6) is 5.75 Å². The van der Waals surface area contributed by atoms with E-state index < -0.39 is 11.6 Å². The summed E-state index contributed by atoms with van der Waals surface area (Å²) >= 11 is 0. The summed E-state index contributed by atoms with van der Waals surface area (Å²) in [7, 11) is 0. The van der Waals surface area contributed by atoms with Gasteiger partial charge >= 0.3 is 0 Å². The van der Waals surface area contributed by atoms with Crippen LogP contribution in [0.15, 0.2) is 222 Å². The van der Waals surface area contributed by atoms with E-state index in [1.807, 2.05) is 0 Å². The van der Waals surface area contributed by atoms with Crippen LogP contribution in [0.1, 0.15) is 39.5 Å². The molecule has 12 rings (SSSR count). The van der Waals surface area contributed by atoms with E-state index >= 15 is 0 Å². The van der Waals surface area contributed by atoms with Crippen LogP contribution in [0.4, 0.5) is 0 Å². The van der Waals surface area contributed by atoms with Crippen LogP contribution in [-0.4, -0.2) is 17.8 Å². The summed E-state index contributed by atoms with van der Waals surface area (Å²) in [4.78, 5) is 10.7. The van der Waals surface area contributed by atoms with Crippen molar-refractivity contribution < 1.29 is 4.74 Å². The van der Waals surface area contributed by atoms with Crippen molar-refractivity contribution in [1.29, 1.82) is 0 Å². The molecule has 4 heteroatoms. The second-order valence-corrected chi connectivity index (χ2v) is 16.0. The molecular weight excluding hydrogens is 731 g/mol. The third-order valence-electron chi connectivity index (χ3n) is 12.8. The van der Waals surface area contributed by atoms with E-state index in [1.54, 1.807) is 0 Å². The molecule has 0 aromatic heterocycles. The molecule has 2 aliphatic heterocycles. The molecule has 4 aliphatic rings. The Morgan fingerprint density at radius 1 is 0.467 bits per heavy atom. The SMILES string of the molecule is C1=CC2Oc3ccccc3C3(c4ccccc4-c4c(-c5cccc(C6=NC(c7cccc(-c8ccccc8)c7)N=C(c7cccc8ccccc78)N6)c5)cccc43)C2C=C1. The zero-order valence-electron chi connectivity index (χ0n) is 32.7. The Labute approximate surface area is 349 Å². The Kier molecular flexibility index (Phi) is 7.92. The van der Waals surface area contributed by atoms with Gasteiger partial charge in [0.05, 0.1) is 5.41 Å². The van der Waals surface area contributed by atoms with E-state index in [1.165, 1.54) is 38.8 Å². The van der Waals surface area contributed by atoms with Crippen LogP contribution < -0.4 is 10.1 Å². The topological polar surface area (TPSA) is 46.0 Å². The van der Waals surface area contributed by atoms with E-state index in [-0.39, 0.29) is 12.0 Å². The van der Waals surface area contributed by atoms with Crippen LogP contribution in [0, 0.1) is 5.92 Å². The van der Waals surface area contributed by atoms with Gasteiger partial charge in [0.25, 0.3) is 0 Å². The number of amidine groups is 2. The molecule has 284 valence electrons. The van der Waals surface area contributed by atoms with Gasteiger partial charge in [-0.2, -0.15) is 0 Å². The Balaban J connectivity index is 1.01. The molecule has 0 fully saturated rings. The zero-order valence-corrected chi connectivity index (χ0v) is 32.7. The van der Waals surface area contributed by atoms with Crippen molar-refractivity contribution in [3.05, 3.63) is 246 Å². The maximum Gasteiger partial charge on any atom is 0.169 e. The first-order valence-electron chi connectivity index (χ1n) is 20.8. The highest BCUT2D eigenvalue weighted by atomic mass is 16.5. The maximum atomic E-state index is 6.72. The summed E-state index contributed by atoms with van der Waals surface area (Å²) in [5.41, 5.74) is 13.7. The van der Waals surface area contributed by atoms with Crippen molar-refractivity contribution in [1.82, 2.24) is 5.32 Å². The van der Waals surface area contributed by atoms with E-state index in [0.717, 1.165) is 56.2 Å². The van der Waals surface area contributed by atoms with E-state index in [9.17, 15) is 0 Å². The molecular formula is C56H39N3O. The van der Waals surface area contributed by atoms with Gasteiger partial charge in [-0.15, -0.1) is 0 Å². The van der Waals surface area contributed by atoms with Gasteiger partial charge in [0.15, 0.2) is 6.17 Å². The van der Waals surface area contributed by atoms with Gasteiger partial charge in [0.2, 0.25) is 0 Å². The minimum Gasteiger partial charge on any atom is -0.485 e. The van der Waals surface area contributed by atoms with E-state index in [2.05, 4.69) is 218 Å². The van der Waals surface area contributed by atoms with Crippen molar-refractivity contribution in [3.8, 4) is 39.1 Å². The maximum absolute atomic E-state index is 6.72. The monoisotopic (exact) mass is 769 g/mol. The van der Waals surface area contributed by atoms with E-state index in [4.69, 9.17) is 14.7 Å². The van der Waals surface area contributed by atoms with Gasteiger partial charge in [-0.25, -0.2) is 9.98 Å². The van der Waals surface area contributed by atoms with Crippen molar-refractivity contribution >= 4 is 22.4 Å². The number of hydrogen-bond acceptors (Lipinski definition) is 4. The van der Waals surface area contributed by atoms with Crippen molar-refractivity contribution in [3.63, 3.8) is 0 Å². The Hall–Kier alpha value is -7.56. The van der Waals surface area contributed by atoms with Crippen LogP contribution in [0.25, 0.3) is 44.2 Å². The molecule has 8 aromatic rings. The number of nitrogens with zero attached hydrogens (tertiary/aromatic N) is 2. The highest BCUT2D eigenvalue weighted by molar-refractivity contribution is 6.20. The van der Waals surface area contributed by atoms with Gasteiger partial charge in [0.1, 0.15) is 23.5 Å². The highest BCUT2D eigenvalue weighted by Gasteiger charge is 2.56. The zero-order chi connectivity index (χ0) is 39.6. The predicted molar refractivity (Wildman–Crippen MR) is 245 cm³/mol. The number of fused-ring (bicyclic) bond motifs is 10. The molecule has 4 atom stereocenters. The standard InChI is InChI=1S/C56H39N3O/c1-2-16-36(17-3-1)38-20-12-22-40(34-38)53-57-54(59-55(58-53)44-27-14-19-37-18-4-5-24-42(37)44)41-23-13-21-39(35-41)43-26-15-31-49-52(43)45-25-6-7-28-46(45)56(49)47-29-8-10-32-50(47)60-51-33-11-9-30-48(51)56/h1-35,47,50,53H,(H,57,58,59).